The lowest BCUT2D eigenvalue weighted by Crippen LogP contribution is -2.30. The largest absolute Gasteiger partial charge is 0.466 e. The van der Waals surface area contributed by atoms with Gasteiger partial charge >= 0.3 is 5.97 Å². The molecule has 0 unspecified atom stereocenters. The molecule has 0 fully saturated rings. The molecule has 154 valence electrons. The lowest BCUT2D eigenvalue weighted by Gasteiger charge is -2.17. The Hall–Kier alpha value is -2.24. The second-order valence-electron chi connectivity index (χ2n) is 5.84. The zero-order valence-corrected chi connectivity index (χ0v) is 17.9. The molecule has 1 N–H and O–H groups in total. The summed E-state index contributed by atoms with van der Waals surface area (Å²) in [4.78, 5) is 28.3. The molecular formula is C17H24N4O5S2. The average Bonchev–Trinajstić information content (AvgIpc) is 3.22. The number of esters is 1. The molecule has 2 aromatic rings. The molecule has 0 saturated carbocycles. The van der Waals surface area contributed by atoms with E-state index >= 15 is 0 Å². The van der Waals surface area contributed by atoms with Crippen LogP contribution in [0, 0.1) is 0 Å². The van der Waals surface area contributed by atoms with Crippen LogP contribution in [0.15, 0.2) is 22.5 Å². The van der Waals surface area contributed by atoms with Gasteiger partial charge in [-0.2, -0.15) is 4.31 Å². The predicted octanol–water partition coefficient (Wildman–Crippen LogP) is 1.87. The van der Waals surface area contributed by atoms with Gasteiger partial charge in [-0.1, -0.05) is 13.8 Å². The van der Waals surface area contributed by atoms with E-state index in [1.165, 1.54) is 32.5 Å². The zero-order chi connectivity index (χ0) is 20.9. The molecule has 0 saturated heterocycles. The van der Waals surface area contributed by atoms with Crippen LogP contribution in [-0.4, -0.2) is 53.8 Å². The van der Waals surface area contributed by atoms with E-state index in [1.807, 2.05) is 0 Å². The number of rotatable bonds is 9. The second kappa shape index (κ2) is 9.30. The van der Waals surface area contributed by atoms with Crippen molar-refractivity contribution < 1.29 is 22.7 Å². The minimum Gasteiger partial charge on any atom is -0.466 e. The molecule has 1 amide bonds. The summed E-state index contributed by atoms with van der Waals surface area (Å²) in [5.74, 6) is -0.875. The van der Waals surface area contributed by atoms with Crippen molar-refractivity contribution >= 4 is 38.4 Å². The molecule has 0 aliphatic carbocycles. The summed E-state index contributed by atoms with van der Waals surface area (Å²) < 4.78 is 32.9. The second-order valence-corrected chi connectivity index (χ2v) is 8.64. The zero-order valence-electron chi connectivity index (χ0n) is 16.3. The Morgan fingerprint density at radius 2 is 1.96 bits per heavy atom. The maximum absolute atomic E-state index is 12.6. The molecule has 0 spiro atoms. The van der Waals surface area contributed by atoms with Gasteiger partial charge in [0.1, 0.15) is 10.6 Å². The van der Waals surface area contributed by atoms with Gasteiger partial charge in [-0.05, 0) is 13.0 Å². The molecule has 2 rings (SSSR count). The van der Waals surface area contributed by atoms with Crippen molar-refractivity contribution in [3.63, 3.8) is 0 Å². The highest BCUT2D eigenvalue weighted by Gasteiger charge is 2.25. The van der Waals surface area contributed by atoms with Crippen molar-refractivity contribution in [2.24, 2.45) is 7.05 Å². The standard InChI is InChI=1S/C17H24N4O5S2/c1-5-21(6-2)28(24,25)13-9-14(20(4)10-13)16(23)19-17-18-12(11-27-17)8-15(22)26-7-3/h9-11H,5-8H2,1-4H3,(H,18,19,23). The van der Waals surface area contributed by atoms with Crippen molar-refractivity contribution in [1.29, 1.82) is 0 Å². The average molecular weight is 429 g/mol. The molecule has 0 atom stereocenters. The van der Waals surface area contributed by atoms with Crippen LogP contribution in [0.5, 0.6) is 0 Å². The summed E-state index contributed by atoms with van der Waals surface area (Å²) >= 11 is 1.18. The molecule has 28 heavy (non-hydrogen) atoms. The third-order valence-corrected chi connectivity index (χ3v) is 6.78. The van der Waals surface area contributed by atoms with Crippen LogP contribution >= 0.6 is 11.3 Å². The molecule has 11 heteroatoms. The van der Waals surface area contributed by atoms with E-state index in [0.717, 1.165) is 0 Å². The quantitative estimate of drug-likeness (QED) is 0.611. The van der Waals surface area contributed by atoms with Crippen LogP contribution < -0.4 is 5.32 Å². The maximum Gasteiger partial charge on any atom is 0.311 e. The van der Waals surface area contributed by atoms with Gasteiger partial charge in [-0.15, -0.1) is 11.3 Å². The molecule has 9 nitrogen and oxygen atoms in total. The normalized spacial score (nSPS) is 11.6. The van der Waals surface area contributed by atoms with Crippen molar-refractivity contribution in [3.8, 4) is 0 Å². The fourth-order valence-electron chi connectivity index (χ4n) is 2.58. The third-order valence-electron chi connectivity index (χ3n) is 3.96. The number of carbonyl (C=O) groups excluding carboxylic acids is 2. The van der Waals surface area contributed by atoms with Gasteiger partial charge in [0.2, 0.25) is 10.0 Å². The highest BCUT2D eigenvalue weighted by molar-refractivity contribution is 7.89. The number of carbonyl (C=O) groups is 2. The number of nitrogens with one attached hydrogen (secondary N) is 1. The topological polar surface area (TPSA) is 111 Å². The molecule has 0 aromatic carbocycles. The predicted molar refractivity (Wildman–Crippen MR) is 106 cm³/mol. The molecular weight excluding hydrogens is 404 g/mol. The number of hydrogen-bond acceptors (Lipinski definition) is 7. The van der Waals surface area contributed by atoms with Gasteiger partial charge in [0.25, 0.3) is 5.91 Å². The summed E-state index contributed by atoms with van der Waals surface area (Å²) in [5, 5.41) is 4.61. The van der Waals surface area contributed by atoms with Crippen molar-refractivity contribution in [2.75, 3.05) is 25.0 Å². The highest BCUT2D eigenvalue weighted by Crippen LogP contribution is 2.21. The Morgan fingerprint density at radius 1 is 1.29 bits per heavy atom. The number of aryl methyl sites for hydroxylation is 1. The number of nitrogens with zero attached hydrogens (tertiary/aromatic N) is 3. The smallest absolute Gasteiger partial charge is 0.311 e. The van der Waals surface area contributed by atoms with Gasteiger partial charge in [0.05, 0.1) is 18.7 Å². The van der Waals surface area contributed by atoms with Crippen LogP contribution in [0.4, 0.5) is 5.13 Å². The summed E-state index contributed by atoms with van der Waals surface area (Å²) in [7, 11) is -2.05. The Morgan fingerprint density at radius 3 is 2.57 bits per heavy atom. The molecule has 0 aliphatic rings. The number of anilines is 1. The molecule has 0 radical (unpaired) electrons. The molecule has 2 heterocycles. The van der Waals surface area contributed by atoms with E-state index in [0.29, 0.717) is 30.5 Å². The van der Waals surface area contributed by atoms with E-state index in [-0.39, 0.29) is 23.0 Å². The number of aromatic nitrogens is 2. The number of sulfonamides is 1. The Kier molecular flexibility index (Phi) is 7.33. The minimum atomic E-state index is -3.66. The fraction of sp³-hybridized carbons (Fsp3) is 0.471. The van der Waals surface area contributed by atoms with Gasteiger partial charge in [-0.25, -0.2) is 13.4 Å². The Bertz CT molecular complexity index is 945. The van der Waals surface area contributed by atoms with Gasteiger partial charge in [-0.3, -0.25) is 14.9 Å². The monoisotopic (exact) mass is 428 g/mol. The first kappa shape index (κ1) is 22.1. The first-order chi connectivity index (χ1) is 13.2. The summed E-state index contributed by atoms with van der Waals surface area (Å²) in [6, 6.07) is 1.34. The van der Waals surface area contributed by atoms with E-state index < -0.39 is 15.9 Å². The van der Waals surface area contributed by atoms with Gasteiger partial charge in [0.15, 0.2) is 5.13 Å². The van der Waals surface area contributed by atoms with E-state index in [4.69, 9.17) is 4.74 Å². The summed E-state index contributed by atoms with van der Waals surface area (Å²) in [5.41, 5.74) is 0.684. The van der Waals surface area contributed by atoms with Gasteiger partial charge < -0.3 is 9.30 Å². The lowest BCUT2D eigenvalue weighted by molar-refractivity contribution is -0.142. The third kappa shape index (κ3) is 4.97. The van der Waals surface area contributed by atoms with Crippen LogP contribution in [0.2, 0.25) is 0 Å². The maximum atomic E-state index is 12.6. The Labute approximate surface area is 168 Å². The van der Waals surface area contributed by atoms with E-state index in [1.54, 1.807) is 33.2 Å². The van der Waals surface area contributed by atoms with Crippen LogP contribution in [0.1, 0.15) is 37.0 Å². The summed E-state index contributed by atoms with van der Waals surface area (Å²) in [6.45, 7) is 6.22. The fourth-order valence-corrected chi connectivity index (χ4v) is 4.82. The molecule has 2 aromatic heterocycles. The van der Waals surface area contributed by atoms with Crippen molar-refractivity contribution in [1.82, 2.24) is 13.9 Å². The SMILES string of the molecule is CCOC(=O)Cc1csc(NC(=O)c2cc(S(=O)(=O)N(CC)CC)cn2C)n1. The van der Waals surface area contributed by atoms with Crippen molar-refractivity contribution in [3.05, 3.63) is 29.0 Å². The number of thiazole rings is 1. The molecule has 0 aliphatic heterocycles. The first-order valence-corrected chi connectivity index (χ1v) is 11.1. The number of hydrogen-bond donors (Lipinski definition) is 1. The van der Waals surface area contributed by atoms with E-state index in [9.17, 15) is 18.0 Å². The first-order valence-electron chi connectivity index (χ1n) is 8.80. The lowest BCUT2D eigenvalue weighted by atomic mass is 10.3. The number of ether oxygens (including phenoxy) is 1. The van der Waals surface area contributed by atoms with Crippen LogP contribution in [0.3, 0.4) is 0 Å². The highest BCUT2D eigenvalue weighted by atomic mass is 32.2. The minimum absolute atomic E-state index is 0.0244. The molecule has 0 bridgehead atoms. The number of amides is 1. The van der Waals surface area contributed by atoms with Crippen molar-refractivity contribution in [2.45, 2.75) is 32.1 Å². The summed E-state index contributed by atoms with van der Waals surface area (Å²) in [6.07, 6.45) is 1.44. The van der Waals surface area contributed by atoms with Gasteiger partial charge in [0, 0.05) is 31.7 Å². The van der Waals surface area contributed by atoms with Crippen LogP contribution in [0.25, 0.3) is 0 Å². The van der Waals surface area contributed by atoms with Crippen LogP contribution in [-0.2, 0) is 33.0 Å². The van der Waals surface area contributed by atoms with E-state index in [2.05, 4.69) is 10.3 Å². The Balaban J connectivity index is 2.15.